The maximum Gasteiger partial charge on any atom is 0.128 e. The van der Waals surface area contributed by atoms with E-state index >= 15 is 0 Å². The summed E-state index contributed by atoms with van der Waals surface area (Å²) in [5.41, 5.74) is 2.48. The molecule has 0 bridgehead atoms. The molecule has 0 atom stereocenters. The summed E-state index contributed by atoms with van der Waals surface area (Å²) in [4.78, 5) is 4.38. The van der Waals surface area contributed by atoms with Crippen LogP contribution in [0, 0.1) is 6.42 Å². The van der Waals surface area contributed by atoms with Gasteiger partial charge in [-0.25, -0.2) is 0 Å². The van der Waals surface area contributed by atoms with Crippen LogP contribution in [-0.2, 0) is 0 Å². The second kappa shape index (κ2) is 4.27. The second-order valence-corrected chi connectivity index (χ2v) is 3.39. The van der Waals surface area contributed by atoms with Gasteiger partial charge in [0, 0.05) is 12.1 Å². The Morgan fingerprint density at radius 1 is 1.36 bits per heavy atom. The molecule has 0 spiro atoms. The minimum Gasteiger partial charge on any atom is -0.368 e. The third kappa shape index (κ3) is 1.95. The van der Waals surface area contributed by atoms with Gasteiger partial charge >= 0.3 is 0 Å². The maximum atomic E-state index is 4.38. The van der Waals surface area contributed by atoms with Crippen molar-refractivity contribution in [2.24, 2.45) is 4.99 Å². The van der Waals surface area contributed by atoms with Crippen LogP contribution in [0.25, 0.3) is 0 Å². The van der Waals surface area contributed by atoms with Gasteiger partial charge in [-0.2, -0.15) is 0 Å². The first-order valence-corrected chi connectivity index (χ1v) is 5.12. The average molecular weight is 187 g/mol. The van der Waals surface area contributed by atoms with Gasteiger partial charge in [0.1, 0.15) is 5.84 Å². The number of hydrogen-bond acceptors (Lipinski definition) is 2. The molecule has 1 N–H and O–H groups in total. The van der Waals surface area contributed by atoms with Crippen molar-refractivity contribution < 1.29 is 0 Å². The molecule has 0 aliphatic carbocycles. The van der Waals surface area contributed by atoms with Crippen molar-refractivity contribution in [1.82, 2.24) is 5.32 Å². The standard InChI is InChI=1S/C12H15N2/c1-2-3-10-4-6-11(7-5-10)12-13-8-9-14-12/h3-7H,2,8-9H2,1H3,(H,13,14). The SMILES string of the molecule is CC[CH]c1ccc(C2=NCCN2)cc1. The molecule has 0 aromatic heterocycles. The van der Waals surface area contributed by atoms with Gasteiger partial charge in [0.2, 0.25) is 0 Å². The summed E-state index contributed by atoms with van der Waals surface area (Å²) in [5, 5.41) is 3.26. The van der Waals surface area contributed by atoms with Crippen molar-refractivity contribution in [1.29, 1.82) is 0 Å². The van der Waals surface area contributed by atoms with Crippen LogP contribution in [0.15, 0.2) is 29.3 Å². The molecule has 2 heteroatoms. The molecule has 0 fully saturated rings. The van der Waals surface area contributed by atoms with Crippen LogP contribution in [0.2, 0.25) is 0 Å². The summed E-state index contributed by atoms with van der Waals surface area (Å²) in [6.45, 7) is 4.02. The van der Waals surface area contributed by atoms with Gasteiger partial charge in [0.15, 0.2) is 0 Å². The van der Waals surface area contributed by atoms with E-state index in [4.69, 9.17) is 0 Å². The monoisotopic (exact) mass is 187 g/mol. The molecule has 1 aliphatic heterocycles. The van der Waals surface area contributed by atoms with Gasteiger partial charge in [-0.15, -0.1) is 0 Å². The topological polar surface area (TPSA) is 24.4 Å². The van der Waals surface area contributed by atoms with Crippen LogP contribution in [0.3, 0.4) is 0 Å². The van der Waals surface area contributed by atoms with Crippen LogP contribution < -0.4 is 5.32 Å². The normalized spacial score (nSPS) is 15.1. The van der Waals surface area contributed by atoms with E-state index in [2.05, 4.69) is 47.9 Å². The van der Waals surface area contributed by atoms with E-state index in [0.717, 1.165) is 25.3 Å². The second-order valence-electron chi connectivity index (χ2n) is 3.39. The van der Waals surface area contributed by atoms with Gasteiger partial charge < -0.3 is 5.32 Å². The molecule has 1 aliphatic rings. The molecule has 1 radical (unpaired) electrons. The largest absolute Gasteiger partial charge is 0.368 e. The number of benzene rings is 1. The zero-order valence-corrected chi connectivity index (χ0v) is 8.46. The highest BCUT2D eigenvalue weighted by molar-refractivity contribution is 5.99. The number of aliphatic imine (C=N–C) groups is 1. The third-order valence-electron chi connectivity index (χ3n) is 2.30. The first-order valence-electron chi connectivity index (χ1n) is 5.12. The molecule has 1 heterocycles. The molecule has 14 heavy (non-hydrogen) atoms. The lowest BCUT2D eigenvalue weighted by Gasteiger charge is -2.03. The predicted octanol–water partition coefficient (Wildman–Crippen LogP) is 2.00. The summed E-state index contributed by atoms with van der Waals surface area (Å²) < 4.78 is 0. The average Bonchev–Trinajstić information content (AvgIpc) is 2.72. The Labute approximate surface area is 85.1 Å². The quantitative estimate of drug-likeness (QED) is 0.769. The van der Waals surface area contributed by atoms with E-state index < -0.39 is 0 Å². The van der Waals surface area contributed by atoms with Gasteiger partial charge in [-0.1, -0.05) is 31.2 Å². The summed E-state index contributed by atoms with van der Waals surface area (Å²) >= 11 is 0. The van der Waals surface area contributed by atoms with Crippen LogP contribution in [-0.4, -0.2) is 18.9 Å². The van der Waals surface area contributed by atoms with E-state index in [9.17, 15) is 0 Å². The lowest BCUT2D eigenvalue weighted by atomic mass is 10.1. The highest BCUT2D eigenvalue weighted by atomic mass is 15.1. The Kier molecular flexibility index (Phi) is 2.82. The number of amidine groups is 1. The molecule has 73 valence electrons. The van der Waals surface area contributed by atoms with Crippen molar-refractivity contribution in [2.45, 2.75) is 13.3 Å². The van der Waals surface area contributed by atoms with Crippen molar-refractivity contribution in [2.75, 3.05) is 13.1 Å². The molecule has 0 unspecified atom stereocenters. The molecule has 1 aromatic carbocycles. The van der Waals surface area contributed by atoms with E-state index in [1.807, 2.05) is 0 Å². The van der Waals surface area contributed by atoms with E-state index in [-0.39, 0.29) is 0 Å². The number of nitrogens with zero attached hydrogens (tertiary/aromatic N) is 1. The van der Waals surface area contributed by atoms with Gasteiger partial charge in [0.05, 0.1) is 6.54 Å². The Hall–Kier alpha value is -1.31. The molecule has 0 saturated heterocycles. The molecule has 0 saturated carbocycles. The first kappa shape index (κ1) is 9.25. The Morgan fingerprint density at radius 2 is 2.14 bits per heavy atom. The zero-order valence-electron chi connectivity index (χ0n) is 8.46. The third-order valence-corrected chi connectivity index (χ3v) is 2.30. The van der Waals surface area contributed by atoms with Gasteiger partial charge in [-0.3, -0.25) is 4.99 Å². The summed E-state index contributed by atoms with van der Waals surface area (Å²) in [6, 6.07) is 8.53. The summed E-state index contributed by atoms with van der Waals surface area (Å²) in [7, 11) is 0. The van der Waals surface area contributed by atoms with E-state index in [1.165, 1.54) is 11.1 Å². The van der Waals surface area contributed by atoms with Crippen LogP contribution in [0.1, 0.15) is 24.5 Å². The van der Waals surface area contributed by atoms with E-state index in [0.29, 0.717) is 0 Å². The van der Waals surface area contributed by atoms with Crippen molar-refractivity contribution in [3.63, 3.8) is 0 Å². The molecule has 0 amide bonds. The molecule has 1 aromatic rings. The van der Waals surface area contributed by atoms with Crippen LogP contribution in [0.4, 0.5) is 0 Å². The van der Waals surface area contributed by atoms with Gasteiger partial charge in [-0.05, 0) is 18.4 Å². The van der Waals surface area contributed by atoms with Crippen molar-refractivity contribution in [3.8, 4) is 0 Å². The minimum atomic E-state index is 0.901. The maximum absolute atomic E-state index is 4.38. The number of hydrogen-bond donors (Lipinski definition) is 1. The van der Waals surface area contributed by atoms with E-state index in [1.54, 1.807) is 0 Å². The van der Waals surface area contributed by atoms with Crippen LogP contribution >= 0.6 is 0 Å². The Morgan fingerprint density at radius 3 is 2.71 bits per heavy atom. The summed E-state index contributed by atoms with van der Waals surface area (Å²) in [6.07, 6.45) is 3.30. The lowest BCUT2D eigenvalue weighted by Crippen LogP contribution is -2.19. The predicted molar refractivity (Wildman–Crippen MR) is 59.5 cm³/mol. The first-order chi connectivity index (χ1) is 6.90. The molecule has 2 rings (SSSR count). The minimum absolute atomic E-state index is 0.901. The fourth-order valence-electron chi connectivity index (χ4n) is 1.60. The molecule has 2 nitrogen and oxygen atoms in total. The Balaban J connectivity index is 2.13. The fourth-order valence-corrected chi connectivity index (χ4v) is 1.60. The summed E-state index contributed by atoms with van der Waals surface area (Å²) in [5.74, 6) is 1.04. The molecular weight excluding hydrogens is 172 g/mol. The van der Waals surface area contributed by atoms with Gasteiger partial charge in [0.25, 0.3) is 0 Å². The lowest BCUT2D eigenvalue weighted by molar-refractivity contribution is 0.960. The zero-order chi connectivity index (χ0) is 9.80. The highest BCUT2D eigenvalue weighted by Gasteiger charge is 2.06. The van der Waals surface area contributed by atoms with Crippen molar-refractivity contribution >= 4 is 5.84 Å². The fraction of sp³-hybridized carbons (Fsp3) is 0.333. The number of nitrogens with one attached hydrogen (secondary N) is 1. The van der Waals surface area contributed by atoms with Crippen molar-refractivity contribution in [3.05, 3.63) is 41.8 Å². The van der Waals surface area contributed by atoms with Crippen LogP contribution in [0.5, 0.6) is 0 Å². The smallest absolute Gasteiger partial charge is 0.128 e. The molecular formula is C12H15N2. The Bertz CT molecular complexity index is 325. The highest BCUT2D eigenvalue weighted by Crippen LogP contribution is 2.09. The number of rotatable bonds is 3.